The molecule has 0 aliphatic rings. The van der Waals surface area contributed by atoms with E-state index in [1.807, 2.05) is 26.0 Å². The molecule has 2 aromatic rings. The highest BCUT2D eigenvalue weighted by Crippen LogP contribution is 2.28. The van der Waals surface area contributed by atoms with Crippen LogP contribution in [-0.4, -0.2) is 30.2 Å². The molecule has 0 saturated heterocycles. The van der Waals surface area contributed by atoms with Crippen LogP contribution in [0.5, 0.6) is 5.75 Å². The van der Waals surface area contributed by atoms with Crippen molar-refractivity contribution in [1.29, 1.82) is 0 Å². The largest absolute Gasteiger partial charge is 0.497 e. The molecule has 0 bridgehead atoms. The van der Waals surface area contributed by atoms with Crippen molar-refractivity contribution in [3.63, 3.8) is 0 Å². The lowest BCUT2D eigenvalue weighted by atomic mass is 9.88. The Labute approximate surface area is 165 Å². The minimum absolute atomic E-state index is 0.127. The third kappa shape index (κ3) is 5.82. The van der Waals surface area contributed by atoms with Gasteiger partial charge in [-0.05, 0) is 56.2 Å². The molecule has 0 aromatic heterocycles. The van der Waals surface area contributed by atoms with Crippen LogP contribution in [0.15, 0.2) is 48.5 Å². The minimum atomic E-state index is -1.09. The second-order valence-electron chi connectivity index (χ2n) is 7.15. The van der Waals surface area contributed by atoms with Gasteiger partial charge in [0.05, 0.1) is 31.8 Å². The third-order valence-corrected chi connectivity index (χ3v) is 4.40. The topological polar surface area (TPSA) is 84.9 Å². The van der Waals surface area contributed by atoms with E-state index < -0.39 is 11.5 Å². The number of carboxylic acids is 1. The van der Waals surface area contributed by atoms with Gasteiger partial charge in [-0.15, -0.1) is 0 Å². The van der Waals surface area contributed by atoms with Gasteiger partial charge >= 0.3 is 5.97 Å². The van der Waals surface area contributed by atoms with Crippen molar-refractivity contribution in [2.24, 2.45) is 0 Å². The number of carbonyl (C=O) groups is 2. The molecule has 0 saturated carbocycles. The molecule has 2 aromatic carbocycles. The highest BCUT2D eigenvalue weighted by atomic mass is 16.5. The molecule has 0 fully saturated rings. The summed E-state index contributed by atoms with van der Waals surface area (Å²) in [6.07, 6.45) is -0.130. The van der Waals surface area contributed by atoms with E-state index in [4.69, 9.17) is 9.47 Å². The second kappa shape index (κ2) is 9.37. The molecule has 6 nitrogen and oxygen atoms in total. The maximum absolute atomic E-state index is 12.8. The summed E-state index contributed by atoms with van der Waals surface area (Å²) >= 11 is 0. The van der Waals surface area contributed by atoms with Crippen LogP contribution in [0.1, 0.15) is 48.7 Å². The van der Waals surface area contributed by atoms with Gasteiger partial charge in [0.25, 0.3) is 5.91 Å². The fourth-order valence-corrected chi connectivity index (χ4v) is 2.83. The second-order valence-corrected chi connectivity index (χ2v) is 7.15. The number of nitrogens with one attached hydrogen (secondary N) is 1. The summed E-state index contributed by atoms with van der Waals surface area (Å²) in [5.74, 6) is -0.757. The van der Waals surface area contributed by atoms with E-state index in [0.717, 1.165) is 5.56 Å². The summed E-state index contributed by atoms with van der Waals surface area (Å²) in [5.41, 5.74) is 0.986. The SMILES string of the molecule is COc1cccc(C(C)(CC(=O)O)NC(=O)c2ccc(COC(C)C)cc2)c1. The standard InChI is InChI=1S/C22H27NO5/c1-15(2)28-14-16-8-10-17(11-9-16)21(26)23-22(3,13-20(24)25)18-6-5-7-19(12-18)27-4/h5-12,15H,13-14H2,1-4H3,(H,23,26)(H,24,25). The number of benzene rings is 2. The zero-order valence-electron chi connectivity index (χ0n) is 16.7. The van der Waals surface area contributed by atoms with Gasteiger partial charge in [-0.3, -0.25) is 9.59 Å². The van der Waals surface area contributed by atoms with Gasteiger partial charge in [-0.1, -0.05) is 24.3 Å². The van der Waals surface area contributed by atoms with Gasteiger partial charge < -0.3 is 19.9 Å². The summed E-state index contributed by atoms with van der Waals surface area (Å²) in [7, 11) is 1.54. The highest BCUT2D eigenvalue weighted by molar-refractivity contribution is 5.95. The molecule has 0 heterocycles. The number of hydrogen-bond acceptors (Lipinski definition) is 4. The average Bonchev–Trinajstić information content (AvgIpc) is 2.66. The van der Waals surface area contributed by atoms with Crippen LogP contribution in [0.4, 0.5) is 0 Å². The number of amides is 1. The van der Waals surface area contributed by atoms with Crippen LogP contribution in [0.25, 0.3) is 0 Å². The summed E-state index contributed by atoms with van der Waals surface area (Å²) < 4.78 is 10.8. The average molecular weight is 385 g/mol. The summed E-state index contributed by atoms with van der Waals surface area (Å²) in [5, 5.41) is 12.2. The van der Waals surface area contributed by atoms with E-state index in [9.17, 15) is 14.7 Å². The van der Waals surface area contributed by atoms with Crippen molar-refractivity contribution < 1.29 is 24.2 Å². The van der Waals surface area contributed by atoms with Crippen molar-refractivity contribution in [1.82, 2.24) is 5.32 Å². The fraction of sp³-hybridized carbons (Fsp3) is 0.364. The first-order valence-corrected chi connectivity index (χ1v) is 9.13. The molecule has 2 N–H and O–H groups in total. The van der Waals surface area contributed by atoms with E-state index in [1.54, 1.807) is 43.3 Å². The Bertz CT molecular complexity index is 816. The Hall–Kier alpha value is -2.86. The number of methoxy groups -OCH3 is 1. The molecule has 1 atom stereocenters. The smallest absolute Gasteiger partial charge is 0.306 e. The fourth-order valence-electron chi connectivity index (χ4n) is 2.83. The lowest BCUT2D eigenvalue weighted by Gasteiger charge is -2.30. The van der Waals surface area contributed by atoms with Crippen molar-refractivity contribution in [3.05, 3.63) is 65.2 Å². The van der Waals surface area contributed by atoms with Crippen LogP contribution in [0.3, 0.4) is 0 Å². The first kappa shape index (κ1) is 21.4. The van der Waals surface area contributed by atoms with E-state index >= 15 is 0 Å². The maximum atomic E-state index is 12.8. The predicted molar refractivity (Wildman–Crippen MR) is 106 cm³/mol. The van der Waals surface area contributed by atoms with E-state index in [-0.39, 0.29) is 18.4 Å². The lowest BCUT2D eigenvalue weighted by molar-refractivity contribution is -0.138. The molecular formula is C22H27NO5. The minimum Gasteiger partial charge on any atom is -0.497 e. The third-order valence-electron chi connectivity index (χ3n) is 4.40. The quantitative estimate of drug-likeness (QED) is 0.687. The molecule has 1 unspecified atom stereocenters. The molecule has 28 heavy (non-hydrogen) atoms. The van der Waals surface area contributed by atoms with Gasteiger partial charge in [-0.2, -0.15) is 0 Å². The van der Waals surface area contributed by atoms with Crippen molar-refractivity contribution in [2.75, 3.05) is 7.11 Å². The number of carbonyl (C=O) groups excluding carboxylic acids is 1. The molecule has 0 radical (unpaired) electrons. The number of aliphatic carboxylic acids is 1. The van der Waals surface area contributed by atoms with Crippen LogP contribution >= 0.6 is 0 Å². The molecule has 150 valence electrons. The molecule has 0 aliphatic carbocycles. The zero-order chi connectivity index (χ0) is 20.7. The number of hydrogen-bond donors (Lipinski definition) is 2. The summed E-state index contributed by atoms with van der Waals surface area (Å²) in [4.78, 5) is 24.2. The van der Waals surface area contributed by atoms with Gasteiger partial charge in [-0.25, -0.2) is 0 Å². The monoisotopic (exact) mass is 385 g/mol. The van der Waals surface area contributed by atoms with Crippen LogP contribution in [0.2, 0.25) is 0 Å². The van der Waals surface area contributed by atoms with E-state index in [1.165, 1.54) is 7.11 Å². The Morgan fingerprint density at radius 3 is 2.39 bits per heavy atom. The highest BCUT2D eigenvalue weighted by Gasteiger charge is 2.32. The van der Waals surface area contributed by atoms with Gasteiger partial charge in [0, 0.05) is 5.56 Å². The summed E-state index contributed by atoms with van der Waals surface area (Å²) in [6.45, 7) is 6.09. The van der Waals surface area contributed by atoms with Crippen molar-refractivity contribution in [2.45, 2.75) is 45.4 Å². The molecule has 2 rings (SSSR count). The molecule has 0 spiro atoms. The van der Waals surface area contributed by atoms with Crippen molar-refractivity contribution in [3.8, 4) is 5.75 Å². The Kier molecular flexibility index (Phi) is 7.18. The van der Waals surface area contributed by atoms with Crippen LogP contribution < -0.4 is 10.1 Å². The number of ether oxygens (including phenoxy) is 2. The maximum Gasteiger partial charge on any atom is 0.306 e. The summed E-state index contributed by atoms with van der Waals surface area (Å²) in [6, 6.07) is 14.1. The Morgan fingerprint density at radius 1 is 1.14 bits per heavy atom. The normalized spacial score (nSPS) is 13.0. The first-order valence-electron chi connectivity index (χ1n) is 9.13. The zero-order valence-corrected chi connectivity index (χ0v) is 16.7. The van der Waals surface area contributed by atoms with Gasteiger partial charge in [0.15, 0.2) is 0 Å². The predicted octanol–water partition coefficient (Wildman–Crippen LogP) is 3.74. The van der Waals surface area contributed by atoms with E-state index in [0.29, 0.717) is 23.5 Å². The lowest BCUT2D eigenvalue weighted by Crippen LogP contribution is -2.45. The Balaban J connectivity index is 2.21. The molecular weight excluding hydrogens is 358 g/mol. The molecule has 1 amide bonds. The van der Waals surface area contributed by atoms with Crippen LogP contribution in [-0.2, 0) is 21.7 Å². The molecule has 0 aliphatic heterocycles. The van der Waals surface area contributed by atoms with Gasteiger partial charge in [0.2, 0.25) is 0 Å². The van der Waals surface area contributed by atoms with Crippen molar-refractivity contribution >= 4 is 11.9 Å². The first-order chi connectivity index (χ1) is 13.2. The van der Waals surface area contributed by atoms with E-state index in [2.05, 4.69) is 5.32 Å². The number of carboxylic acid groups (broad SMARTS) is 1. The van der Waals surface area contributed by atoms with Gasteiger partial charge in [0.1, 0.15) is 5.75 Å². The van der Waals surface area contributed by atoms with Crippen LogP contribution in [0, 0.1) is 0 Å². The molecule has 6 heteroatoms. The number of rotatable bonds is 9. The Morgan fingerprint density at radius 2 is 1.82 bits per heavy atom.